The lowest BCUT2D eigenvalue weighted by molar-refractivity contribution is 0.181. The Bertz CT molecular complexity index is 474. The predicted molar refractivity (Wildman–Crippen MR) is 101 cm³/mol. The molecule has 24 heavy (non-hydrogen) atoms. The summed E-state index contributed by atoms with van der Waals surface area (Å²) in [5.74, 6) is 1.76. The lowest BCUT2D eigenvalue weighted by Crippen LogP contribution is -2.39. The van der Waals surface area contributed by atoms with Crippen molar-refractivity contribution >= 4 is 5.96 Å². The van der Waals surface area contributed by atoms with Gasteiger partial charge in [-0.2, -0.15) is 0 Å². The highest BCUT2D eigenvalue weighted by atomic mass is 15.2. The molecule has 1 fully saturated rings. The Morgan fingerprint density at radius 1 is 1.29 bits per heavy atom. The first-order valence-electron chi connectivity index (χ1n) is 9.34. The normalized spacial score (nSPS) is 19.2. The minimum Gasteiger partial charge on any atom is -0.356 e. The van der Waals surface area contributed by atoms with E-state index in [0.29, 0.717) is 0 Å². The molecule has 0 amide bonds. The molecule has 0 spiro atoms. The Hall–Kier alpha value is -1.62. The van der Waals surface area contributed by atoms with Crippen molar-refractivity contribution in [2.24, 2.45) is 10.9 Å². The zero-order valence-electron chi connectivity index (χ0n) is 15.3. The third-order valence-corrected chi connectivity index (χ3v) is 4.56. The molecule has 0 radical (unpaired) electrons. The number of nitrogens with zero attached hydrogens (tertiary/aromatic N) is 3. The van der Waals surface area contributed by atoms with Crippen molar-refractivity contribution in [1.29, 1.82) is 0 Å². The fraction of sp³-hybridized carbons (Fsp3) is 0.684. The molecule has 1 aromatic heterocycles. The Labute approximate surface area is 147 Å². The summed E-state index contributed by atoms with van der Waals surface area (Å²) >= 11 is 0. The molecule has 134 valence electrons. The third kappa shape index (κ3) is 7.30. The highest BCUT2D eigenvalue weighted by Crippen LogP contribution is 2.15. The van der Waals surface area contributed by atoms with E-state index in [-0.39, 0.29) is 0 Å². The molecule has 5 heteroatoms. The number of piperidine rings is 1. The van der Waals surface area contributed by atoms with E-state index in [0.717, 1.165) is 37.1 Å². The SMILES string of the molecule is CN=C(NCCCCN1CCCC(C)C1)NCCc1ccccn1. The zero-order valence-corrected chi connectivity index (χ0v) is 15.3. The van der Waals surface area contributed by atoms with Gasteiger partial charge in [0.25, 0.3) is 0 Å². The van der Waals surface area contributed by atoms with Gasteiger partial charge in [0, 0.05) is 45.0 Å². The molecule has 1 saturated heterocycles. The van der Waals surface area contributed by atoms with Gasteiger partial charge in [-0.25, -0.2) is 0 Å². The van der Waals surface area contributed by atoms with Crippen LogP contribution >= 0.6 is 0 Å². The van der Waals surface area contributed by atoms with Gasteiger partial charge in [-0.3, -0.25) is 9.98 Å². The van der Waals surface area contributed by atoms with Crippen LogP contribution < -0.4 is 10.6 Å². The molecular weight excluding hydrogens is 298 g/mol. The van der Waals surface area contributed by atoms with E-state index in [1.165, 1.54) is 45.3 Å². The summed E-state index contributed by atoms with van der Waals surface area (Å²) in [6.07, 6.45) is 7.96. The first-order chi connectivity index (χ1) is 11.8. The maximum atomic E-state index is 4.33. The summed E-state index contributed by atoms with van der Waals surface area (Å²) in [7, 11) is 1.82. The van der Waals surface area contributed by atoms with Crippen LogP contribution in [-0.4, -0.2) is 55.6 Å². The maximum Gasteiger partial charge on any atom is 0.190 e. The van der Waals surface area contributed by atoms with Crippen LogP contribution in [0.2, 0.25) is 0 Å². The van der Waals surface area contributed by atoms with E-state index in [4.69, 9.17) is 0 Å². The third-order valence-electron chi connectivity index (χ3n) is 4.56. The molecular formula is C19H33N5. The molecule has 1 unspecified atom stereocenters. The van der Waals surface area contributed by atoms with Gasteiger partial charge in [0.1, 0.15) is 0 Å². The van der Waals surface area contributed by atoms with Crippen molar-refractivity contribution in [3.8, 4) is 0 Å². The van der Waals surface area contributed by atoms with Crippen molar-refractivity contribution in [2.75, 3.05) is 39.8 Å². The van der Waals surface area contributed by atoms with Crippen LogP contribution in [0.3, 0.4) is 0 Å². The number of hydrogen-bond acceptors (Lipinski definition) is 3. The molecule has 0 aliphatic carbocycles. The number of guanidine groups is 1. The molecule has 2 N–H and O–H groups in total. The lowest BCUT2D eigenvalue weighted by atomic mass is 10.0. The number of unbranched alkanes of at least 4 members (excludes halogenated alkanes) is 1. The molecule has 2 heterocycles. The summed E-state index contributed by atoms with van der Waals surface area (Å²) in [6, 6.07) is 6.03. The van der Waals surface area contributed by atoms with E-state index < -0.39 is 0 Å². The van der Waals surface area contributed by atoms with Crippen LogP contribution in [0.15, 0.2) is 29.4 Å². The Balaban J connectivity index is 1.52. The van der Waals surface area contributed by atoms with Gasteiger partial charge in [0.05, 0.1) is 0 Å². The van der Waals surface area contributed by atoms with Crippen molar-refractivity contribution in [3.05, 3.63) is 30.1 Å². The van der Waals surface area contributed by atoms with Gasteiger partial charge in [-0.05, 0) is 56.8 Å². The van der Waals surface area contributed by atoms with E-state index in [2.05, 4.69) is 38.5 Å². The summed E-state index contributed by atoms with van der Waals surface area (Å²) in [5, 5.41) is 6.75. The van der Waals surface area contributed by atoms with Crippen LogP contribution in [0.4, 0.5) is 0 Å². The van der Waals surface area contributed by atoms with Crippen LogP contribution in [-0.2, 0) is 6.42 Å². The summed E-state index contributed by atoms with van der Waals surface area (Å²) in [5.41, 5.74) is 1.11. The highest BCUT2D eigenvalue weighted by Gasteiger charge is 2.15. The fourth-order valence-electron chi connectivity index (χ4n) is 3.23. The molecule has 5 nitrogen and oxygen atoms in total. The Morgan fingerprint density at radius 3 is 2.92 bits per heavy atom. The monoisotopic (exact) mass is 331 g/mol. The highest BCUT2D eigenvalue weighted by molar-refractivity contribution is 5.79. The van der Waals surface area contributed by atoms with Crippen LogP contribution in [0.1, 0.15) is 38.3 Å². The van der Waals surface area contributed by atoms with E-state index >= 15 is 0 Å². The second kappa shape index (κ2) is 11.0. The van der Waals surface area contributed by atoms with Gasteiger partial charge in [-0.1, -0.05) is 13.0 Å². The topological polar surface area (TPSA) is 52.6 Å². The second-order valence-electron chi connectivity index (χ2n) is 6.75. The maximum absolute atomic E-state index is 4.33. The van der Waals surface area contributed by atoms with Gasteiger partial charge in [0.2, 0.25) is 0 Å². The van der Waals surface area contributed by atoms with Crippen molar-refractivity contribution in [2.45, 2.75) is 39.0 Å². The van der Waals surface area contributed by atoms with Crippen molar-refractivity contribution in [1.82, 2.24) is 20.5 Å². The molecule has 1 aliphatic rings. The van der Waals surface area contributed by atoms with Gasteiger partial charge in [-0.15, -0.1) is 0 Å². The molecule has 0 saturated carbocycles. The van der Waals surface area contributed by atoms with E-state index in [9.17, 15) is 0 Å². The molecule has 2 rings (SSSR count). The van der Waals surface area contributed by atoms with Crippen LogP contribution in [0, 0.1) is 5.92 Å². The largest absolute Gasteiger partial charge is 0.356 e. The minimum absolute atomic E-state index is 0.850. The number of hydrogen-bond donors (Lipinski definition) is 2. The van der Waals surface area contributed by atoms with Gasteiger partial charge >= 0.3 is 0 Å². The molecule has 1 atom stereocenters. The van der Waals surface area contributed by atoms with Crippen LogP contribution in [0.5, 0.6) is 0 Å². The minimum atomic E-state index is 0.850. The first-order valence-corrected chi connectivity index (χ1v) is 9.34. The Kier molecular flexibility index (Phi) is 8.60. The first kappa shape index (κ1) is 18.7. The average molecular weight is 332 g/mol. The number of rotatable bonds is 8. The number of aliphatic imine (C=N–C) groups is 1. The molecule has 1 aromatic rings. The average Bonchev–Trinajstić information content (AvgIpc) is 2.61. The fourth-order valence-corrected chi connectivity index (χ4v) is 3.23. The summed E-state index contributed by atoms with van der Waals surface area (Å²) in [4.78, 5) is 11.2. The number of nitrogens with one attached hydrogen (secondary N) is 2. The van der Waals surface area contributed by atoms with Gasteiger partial charge < -0.3 is 15.5 Å². The summed E-state index contributed by atoms with van der Waals surface area (Å²) < 4.78 is 0. The Morgan fingerprint density at radius 2 is 2.17 bits per heavy atom. The standard InChI is InChI=1S/C19H33N5/c1-17-8-7-15-24(16-17)14-6-5-12-22-19(20-2)23-13-10-18-9-3-4-11-21-18/h3-4,9,11,17H,5-8,10,12-16H2,1-2H3,(H2,20,22,23). The van der Waals surface area contributed by atoms with Crippen LogP contribution in [0.25, 0.3) is 0 Å². The number of aromatic nitrogens is 1. The zero-order chi connectivity index (χ0) is 17.0. The molecule has 0 aromatic carbocycles. The number of pyridine rings is 1. The molecule has 1 aliphatic heterocycles. The molecule has 0 bridgehead atoms. The van der Waals surface area contributed by atoms with E-state index in [1.54, 1.807) is 0 Å². The van der Waals surface area contributed by atoms with Crippen molar-refractivity contribution in [3.63, 3.8) is 0 Å². The lowest BCUT2D eigenvalue weighted by Gasteiger charge is -2.30. The summed E-state index contributed by atoms with van der Waals surface area (Å²) in [6.45, 7) is 8.00. The van der Waals surface area contributed by atoms with Gasteiger partial charge in [0.15, 0.2) is 5.96 Å². The quantitative estimate of drug-likeness (QED) is 0.436. The van der Waals surface area contributed by atoms with E-state index in [1.807, 2.05) is 25.4 Å². The second-order valence-corrected chi connectivity index (χ2v) is 6.75. The number of likely N-dealkylation sites (tertiary alicyclic amines) is 1. The van der Waals surface area contributed by atoms with Crippen molar-refractivity contribution < 1.29 is 0 Å². The smallest absolute Gasteiger partial charge is 0.190 e. The predicted octanol–water partition coefficient (Wildman–Crippen LogP) is 2.30.